The van der Waals surface area contributed by atoms with E-state index in [9.17, 15) is 19.2 Å². The van der Waals surface area contributed by atoms with Gasteiger partial charge < -0.3 is 29.6 Å². The maximum atomic E-state index is 13.6. The molecular formula is C36H45ClN2O8. The number of benzene rings is 2. The van der Waals surface area contributed by atoms with Gasteiger partial charge in [-0.05, 0) is 34.8 Å². The second kappa shape index (κ2) is 15.8. The van der Waals surface area contributed by atoms with Crippen molar-refractivity contribution in [1.82, 2.24) is 10.6 Å². The summed E-state index contributed by atoms with van der Waals surface area (Å²) < 4.78 is 23.0. The average Bonchev–Trinajstić information content (AvgIpc) is 3.82. The SMILES string of the molecule is COc1ccc(C[C@H]2NC(=O)/C=C/C[C@@H]([C@@H](C)C3OC3c3ccccc3)OC(=O)[C@H](CC(C)(C)C)OC(=O)[C@H](C)CNC2=O)cc1Cl. The molecule has 254 valence electrons. The Bertz CT molecular complexity index is 1460. The van der Waals surface area contributed by atoms with Gasteiger partial charge in [-0.3, -0.25) is 14.4 Å². The normalized spacial score (nSPS) is 27.5. The first-order valence-corrected chi connectivity index (χ1v) is 16.3. The molecule has 2 amide bonds. The van der Waals surface area contributed by atoms with Crippen LogP contribution < -0.4 is 15.4 Å². The summed E-state index contributed by atoms with van der Waals surface area (Å²) in [6.07, 6.45) is 1.31. The van der Waals surface area contributed by atoms with Crippen LogP contribution in [0.1, 0.15) is 64.7 Å². The summed E-state index contributed by atoms with van der Waals surface area (Å²) in [6.45, 7) is 9.29. The number of nitrogens with one attached hydrogen (secondary N) is 2. The van der Waals surface area contributed by atoms with Crippen LogP contribution in [0, 0.1) is 17.3 Å². The van der Waals surface area contributed by atoms with Crippen molar-refractivity contribution in [2.45, 2.75) is 84.3 Å². The molecule has 1 fully saturated rings. The minimum Gasteiger partial charge on any atom is -0.495 e. The average molecular weight is 669 g/mol. The van der Waals surface area contributed by atoms with Crippen LogP contribution in [0.2, 0.25) is 5.02 Å². The molecule has 0 aliphatic carbocycles. The summed E-state index contributed by atoms with van der Waals surface area (Å²) in [4.78, 5) is 53.3. The number of carbonyl (C=O) groups excluding carboxylic acids is 4. The maximum absolute atomic E-state index is 13.6. The minimum absolute atomic E-state index is 0.0694. The van der Waals surface area contributed by atoms with Crippen molar-refractivity contribution in [1.29, 1.82) is 0 Å². The van der Waals surface area contributed by atoms with Gasteiger partial charge in [0.1, 0.15) is 24.0 Å². The zero-order chi connectivity index (χ0) is 34.3. The highest BCUT2D eigenvalue weighted by Crippen LogP contribution is 2.45. The molecule has 2 N–H and O–H groups in total. The molecule has 2 aliphatic rings. The van der Waals surface area contributed by atoms with E-state index in [4.69, 9.17) is 30.5 Å². The van der Waals surface area contributed by atoms with Gasteiger partial charge in [0.05, 0.1) is 24.2 Å². The summed E-state index contributed by atoms with van der Waals surface area (Å²) >= 11 is 6.31. The molecular weight excluding hydrogens is 624 g/mol. The van der Waals surface area contributed by atoms with Crippen LogP contribution in [-0.2, 0) is 39.8 Å². The Balaban J connectivity index is 1.59. The van der Waals surface area contributed by atoms with Crippen LogP contribution in [-0.4, -0.2) is 61.8 Å². The van der Waals surface area contributed by atoms with Gasteiger partial charge >= 0.3 is 11.9 Å². The first-order chi connectivity index (χ1) is 22.3. The summed E-state index contributed by atoms with van der Waals surface area (Å²) in [5.41, 5.74) is 1.36. The summed E-state index contributed by atoms with van der Waals surface area (Å²) in [6, 6.07) is 13.9. The van der Waals surface area contributed by atoms with Gasteiger partial charge in [0, 0.05) is 31.7 Å². The maximum Gasteiger partial charge on any atom is 0.347 e. The number of hydrogen-bond acceptors (Lipinski definition) is 8. The first-order valence-electron chi connectivity index (χ1n) is 15.9. The van der Waals surface area contributed by atoms with Crippen LogP contribution >= 0.6 is 11.6 Å². The van der Waals surface area contributed by atoms with Gasteiger partial charge in [0.25, 0.3) is 0 Å². The van der Waals surface area contributed by atoms with Gasteiger partial charge in [-0.1, -0.05) is 88.7 Å². The quantitative estimate of drug-likeness (QED) is 0.307. The third-order valence-corrected chi connectivity index (χ3v) is 8.55. The number of amides is 2. The Hall–Kier alpha value is -3.89. The Morgan fingerprint density at radius 2 is 1.74 bits per heavy atom. The fraction of sp³-hybridized carbons (Fsp3) is 0.500. The number of rotatable bonds is 7. The molecule has 0 spiro atoms. The number of cyclic esters (lactones) is 2. The van der Waals surface area contributed by atoms with Crippen molar-refractivity contribution < 1.29 is 38.1 Å². The lowest BCUT2D eigenvalue weighted by atomic mass is 9.89. The zero-order valence-corrected chi connectivity index (χ0v) is 28.5. The van der Waals surface area contributed by atoms with Gasteiger partial charge in [-0.25, -0.2) is 4.79 Å². The van der Waals surface area contributed by atoms with Crippen molar-refractivity contribution in [2.24, 2.45) is 17.3 Å². The molecule has 0 aromatic heterocycles. The molecule has 2 unspecified atom stereocenters. The molecule has 2 aliphatic heterocycles. The van der Waals surface area contributed by atoms with Crippen molar-refractivity contribution in [3.63, 3.8) is 0 Å². The fourth-order valence-electron chi connectivity index (χ4n) is 5.50. The monoisotopic (exact) mass is 668 g/mol. The molecule has 0 radical (unpaired) electrons. The molecule has 10 nitrogen and oxygen atoms in total. The molecule has 0 bridgehead atoms. The number of ether oxygens (including phenoxy) is 4. The van der Waals surface area contributed by atoms with E-state index < -0.39 is 47.9 Å². The van der Waals surface area contributed by atoms with Crippen molar-refractivity contribution in [2.75, 3.05) is 13.7 Å². The molecule has 4 rings (SSSR count). The Morgan fingerprint density at radius 3 is 2.40 bits per heavy atom. The summed E-state index contributed by atoms with van der Waals surface area (Å²) in [5, 5.41) is 5.87. The number of epoxide rings is 1. The molecule has 1 saturated heterocycles. The summed E-state index contributed by atoms with van der Waals surface area (Å²) in [7, 11) is 1.51. The second-order valence-electron chi connectivity index (χ2n) is 13.5. The van der Waals surface area contributed by atoms with Crippen LogP contribution in [0.4, 0.5) is 0 Å². The number of carbonyl (C=O) groups is 4. The van der Waals surface area contributed by atoms with Crippen LogP contribution in [0.5, 0.6) is 5.75 Å². The molecule has 0 saturated carbocycles. The van der Waals surface area contributed by atoms with Crippen LogP contribution in [0.3, 0.4) is 0 Å². The fourth-order valence-corrected chi connectivity index (χ4v) is 5.78. The number of halogens is 1. The molecule has 2 heterocycles. The van der Waals surface area contributed by atoms with E-state index in [2.05, 4.69) is 10.6 Å². The first kappa shape index (κ1) is 36.0. The summed E-state index contributed by atoms with van der Waals surface area (Å²) in [5.74, 6) is -2.85. The zero-order valence-electron chi connectivity index (χ0n) is 27.8. The topological polar surface area (TPSA) is 133 Å². The Labute approximate surface area is 281 Å². The number of hydrogen-bond donors (Lipinski definition) is 2. The van der Waals surface area contributed by atoms with Crippen molar-refractivity contribution in [3.05, 3.63) is 76.8 Å². The van der Waals surface area contributed by atoms with E-state index in [-0.39, 0.29) is 49.3 Å². The van der Waals surface area contributed by atoms with E-state index >= 15 is 0 Å². The molecule has 2 aromatic rings. The van der Waals surface area contributed by atoms with Gasteiger partial charge in [-0.15, -0.1) is 0 Å². The van der Waals surface area contributed by atoms with E-state index in [1.165, 1.54) is 13.2 Å². The third-order valence-electron chi connectivity index (χ3n) is 8.26. The van der Waals surface area contributed by atoms with E-state index in [1.54, 1.807) is 31.2 Å². The highest BCUT2D eigenvalue weighted by atomic mass is 35.5. The van der Waals surface area contributed by atoms with Crippen molar-refractivity contribution in [3.8, 4) is 5.75 Å². The Kier molecular flexibility index (Phi) is 12.1. The molecule has 7 atom stereocenters. The van der Waals surface area contributed by atoms with E-state index in [0.29, 0.717) is 16.3 Å². The van der Waals surface area contributed by atoms with E-state index in [0.717, 1.165) is 5.56 Å². The number of methoxy groups -OCH3 is 1. The lowest BCUT2D eigenvalue weighted by Gasteiger charge is -2.29. The lowest BCUT2D eigenvalue weighted by molar-refractivity contribution is -0.177. The predicted molar refractivity (Wildman–Crippen MR) is 177 cm³/mol. The largest absolute Gasteiger partial charge is 0.495 e. The molecule has 47 heavy (non-hydrogen) atoms. The van der Waals surface area contributed by atoms with Crippen LogP contribution in [0.25, 0.3) is 0 Å². The predicted octanol–water partition coefficient (Wildman–Crippen LogP) is 5.12. The Morgan fingerprint density at radius 1 is 1.02 bits per heavy atom. The van der Waals surface area contributed by atoms with Gasteiger partial charge in [0.2, 0.25) is 11.8 Å². The highest BCUT2D eigenvalue weighted by molar-refractivity contribution is 6.32. The number of esters is 2. The van der Waals surface area contributed by atoms with Crippen molar-refractivity contribution >= 4 is 35.4 Å². The van der Waals surface area contributed by atoms with E-state index in [1.807, 2.05) is 58.0 Å². The smallest absolute Gasteiger partial charge is 0.347 e. The lowest BCUT2D eigenvalue weighted by Crippen LogP contribution is -2.49. The molecule has 2 aromatic carbocycles. The van der Waals surface area contributed by atoms with Crippen LogP contribution in [0.15, 0.2) is 60.7 Å². The molecule has 11 heteroatoms. The van der Waals surface area contributed by atoms with Gasteiger partial charge in [0.15, 0.2) is 6.10 Å². The third kappa shape index (κ3) is 10.3. The highest BCUT2D eigenvalue weighted by Gasteiger charge is 2.47. The minimum atomic E-state index is -1.16. The standard InChI is InChI=1S/C36H45ClN2O8/c1-21-20-38-33(41)26(18-23-15-16-28(44-6)25(37)17-23)39-30(40)14-10-13-27(22(2)31-32(47-31)24-11-8-7-9-12-24)45-35(43)29(46-34(21)42)19-36(3,4)5/h7-12,14-17,21-22,26-27,29,31-32H,13,18-20H2,1-6H3,(H,38,41)(H,39,40)/b14-10+/t21-,22-,26-,27+,29+,31?,32?/m1/s1. The van der Waals surface area contributed by atoms with Gasteiger partial charge in [-0.2, -0.15) is 0 Å². The second-order valence-corrected chi connectivity index (χ2v) is 13.9.